The van der Waals surface area contributed by atoms with E-state index in [1.165, 1.54) is 47.1 Å². The highest BCUT2D eigenvalue weighted by Crippen LogP contribution is 2.63. The first kappa shape index (κ1) is 21.2. The summed E-state index contributed by atoms with van der Waals surface area (Å²) in [7, 11) is 0. The molecule has 4 heteroatoms. The average molecular weight is 445 g/mol. The van der Waals surface area contributed by atoms with E-state index in [-0.39, 0.29) is 17.5 Å². The number of benzene rings is 2. The molecule has 1 saturated carbocycles. The van der Waals surface area contributed by atoms with E-state index in [9.17, 15) is 9.90 Å². The number of amides is 1. The Morgan fingerprint density at radius 2 is 1.79 bits per heavy atom. The standard InChI is InChI=1S/C29H36N2O2/c1-2-3-20-4-6-21(7-5-20)23-8-9-25-24(18-23)10-13-29(14-15-29)27(25)31(28(32)33)26-19-30-16-11-22(26)12-17-30/h4-9,18,22,26-27H,2-3,10-17,19H2,1H3,(H,32,33)/t26?,27-/m1/s1. The summed E-state index contributed by atoms with van der Waals surface area (Å²) in [6.07, 6.45) is 8.40. The predicted octanol–water partition coefficient (Wildman–Crippen LogP) is 6.15. The van der Waals surface area contributed by atoms with Crippen molar-refractivity contribution in [3.63, 3.8) is 0 Å². The topological polar surface area (TPSA) is 43.8 Å². The zero-order valence-electron chi connectivity index (χ0n) is 19.8. The highest BCUT2D eigenvalue weighted by molar-refractivity contribution is 5.69. The van der Waals surface area contributed by atoms with Crippen molar-refractivity contribution in [1.82, 2.24) is 9.80 Å². The third-order valence-corrected chi connectivity index (χ3v) is 9.11. The molecule has 3 heterocycles. The van der Waals surface area contributed by atoms with Gasteiger partial charge in [-0.15, -0.1) is 0 Å². The number of rotatable bonds is 5. The van der Waals surface area contributed by atoms with Crippen LogP contribution in [-0.4, -0.2) is 46.7 Å². The zero-order valence-corrected chi connectivity index (χ0v) is 19.8. The van der Waals surface area contributed by atoms with Crippen LogP contribution in [0, 0.1) is 11.3 Å². The highest BCUT2D eigenvalue weighted by atomic mass is 16.4. The number of aryl methyl sites for hydroxylation is 2. The fraction of sp³-hybridized carbons (Fsp3) is 0.552. The van der Waals surface area contributed by atoms with Gasteiger partial charge in [-0.1, -0.05) is 55.8 Å². The lowest BCUT2D eigenvalue weighted by Crippen LogP contribution is -2.60. The summed E-state index contributed by atoms with van der Waals surface area (Å²) >= 11 is 0. The lowest BCUT2D eigenvalue weighted by molar-refractivity contribution is -0.0243. The van der Waals surface area contributed by atoms with Crippen LogP contribution >= 0.6 is 0 Å². The molecule has 5 aliphatic rings. The van der Waals surface area contributed by atoms with E-state index >= 15 is 0 Å². The maximum Gasteiger partial charge on any atom is 0.408 e. The summed E-state index contributed by atoms with van der Waals surface area (Å²) in [5.41, 5.74) is 6.72. The second-order valence-corrected chi connectivity index (χ2v) is 11.0. The molecule has 4 fully saturated rings. The Kier molecular flexibility index (Phi) is 5.25. The molecular weight excluding hydrogens is 408 g/mol. The van der Waals surface area contributed by atoms with Crippen LogP contribution in [-0.2, 0) is 12.8 Å². The van der Waals surface area contributed by atoms with Gasteiger partial charge in [0.25, 0.3) is 0 Å². The number of nitrogens with zero attached hydrogens (tertiary/aromatic N) is 2. The van der Waals surface area contributed by atoms with Crippen LogP contribution in [0.3, 0.4) is 0 Å². The summed E-state index contributed by atoms with van der Waals surface area (Å²) < 4.78 is 0. The van der Waals surface area contributed by atoms with Gasteiger partial charge in [0, 0.05) is 6.54 Å². The van der Waals surface area contributed by atoms with Crippen molar-refractivity contribution in [3.8, 4) is 11.1 Å². The van der Waals surface area contributed by atoms with E-state index in [4.69, 9.17) is 0 Å². The summed E-state index contributed by atoms with van der Waals surface area (Å²) in [6, 6.07) is 16.0. The fourth-order valence-electron chi connectivity index (χ4n) is 7.09. The molecule has 33 heavy (non-hydrogen) atoms. The van der Waals surface area contributed by atoms with Crippen LogP contribution in [0.15, 0.2) is 42.5 Å². The Labute approximate surface area is 197 Å². The van der Waals surface area contributed by atoms with Gasteiger partial charge < -0.3 is 10.0 Å². The van der Waals surface area contributed by atoms with Crippen molar-refractivity contribution in [2.75, 3.05) is 19.6 Å². The van der Waals surface area contributed by atoms with Gasteiger partial charge in [-0.05, 0) is 97.2 Å². The second-order valence-electron chi connectivity index (χ2n) is 11.0. The molecule has 2 aliphatic carbocycles. The molecule has 7 rings (SSSR count). The molecule has 2 aromatic rings. The van der Waals surface area contributed by atoms with Crippen LogP contribution in [0.25, 0.3) is 11.1 Å². The van der Waals surface area contributed by atoms with Crippen LogP contribution < -0.4 is 0 Å². The molecule has 1 N–H and O–H groups in total. The van der Waals surface area contributed by atoms with Crippen molar-refractivity contribution in [2.45, 2.75) is 70.4 Å². The smallest absolute Gasteiger partial charge is 0.408 e. The molecular formula is C29H36N2O2. The van der Waals surface area contributed by atoms with Gasteiger partial charge in [0.2, 0.25) is 0 Å². The van der Waals surface area contributed by atoms with Crippen molar-refractivity contribution in [3.05, 3.63) is 59.2 Å². The Balaban J connectivity index is 1.35. The van der Waals surface area contributed by atoms with Crippen LogP contribution in [0.2, 0.25) is 0 Å². The largest absolute Gasteiger partial charge is 0.465 e. The summed E-state index contributed by atoms with van der Waals surface area (Å²) in [6.45, 7) is 5.42. The van der Waals surface area contributed by atoms with Gasteiger partial charge in [0.05, 0.1) is 12.1 Å². The maximum absolute atomic E-state index is 12.8. The number of carboxylic acid groups (broad SMARTS) is 1. The molecule has 4 nitrogen and oxygen atoms in total. The zero-order chi connectivity index (χ0) is 22.6. The number of carbonyl (C=O) groups is 1. The van der Waals surface area contributed by atoms with Gasteiger partial charge in [-0.25, -0.2) is 4.79 Å². The fourth-order valence-corrected chi connectivity index (χ4v) is 7.09. The molecule has 1 amide bonds. The molecule has 1 spiro atoms. The summed E-state index contributed by atoms with van der Waals surface area (Å²) in [5, 5.41) is 10.5. The number of hydrogen-bond acceptors (Lipinski definition) is 2. The summed E-state index contributed by atoms with van der Waals surface area (Å²) in [5.74, 6) is 0.521. The molecule has 3 saturated heterocycles. The van der Waals surface area contributed by atoms with Crippen molar-refractivity contribution in [1.29, 1.82) is 0 Å². The lowest BCUT2D eigenvalue weighted by Gasteiger charge is -2.52. The molecule has 0 radical (unpaired) electrons. The normalized spacial score (nSPS) is 29.0. The molecule has 2 aromatic carbocycles. The molecule has 2 atom stereocenters. The van der Waals surface area contributed by atoms with E-state index in [1.54, 1.807) is 0 Å². The van der Waals surface area contributed by atoms with E-state index in [0.29, 0.717) is 5.92 Å². The molecule has 174 valence electrons. The van der Waals surface area contributed by atoms with Crippen LogP contribution in [0.1, 0.15) is 68.2 Å². The van der Waals surface area contributed by atoms with Gasteiger partial charge >= 0.3 is 6.09 Å². The number of piperidine rings is 3. The van der Waals surface area contributed by atoms with Gasteiger partial charge in [-0.2, -0.15) is 0 Å². The second kappa shape index (κ2) is 8.16. The SMILES string of the molecule is CCCc1ccc(-c2ccc3c(c2)CCC2(CC2)[C@@H]3N(C(=O)O)C2CN3CCC2CC3)cc1. The molecule has 1 unspecified atom stereocenters. The Morgan fingerprint density at radius 3 is 2.39 bits per heavy atom. The lowest BCUT2D eigenvalue weighted by atomic mass is 9.73. The molecule has 2 bridgehead atoms. The number of fused-ring (bicyclic) bond motifs is 4. The number of hydrogen-bond donors (Lipinski definition) is 1. The van der Waals surface area contributed by atoms with Gasteiger partial charge in [0.15, 0.2) is 0 Å². The third kappa shape index (κ3) is 3.67. The summed E-state index contributed by atoms with van der Waals surface area (Å²) in [4.78, 5) is 17.2. The quantitative estimate of drug-likeness (QED) is 0.602. The minimum Gasteiger partial charge on any atom is -0.465 e. The van der Waals surface area contributed by atoms with E-state index in [0.717, 1.165) is 51.7 Å². The van der Waals surface area contributed by atoms with Crippen LogP contribution in [0.5, 0.6) is 0 Å². The van der Waals surface area contributed by atoms with Gasteiger partial charge in [0.1, 0.15) is 0 Å². The third-order valence-electron chi connectivity index (χ3n) is 9.11. The first-order valence-corrected chi connectivity index (χ1v) is 13.0. The monoisotopic (exact) mass is 444 g/mol. The first-order valence-electron chi connectivity index (χ1n) is 13.0. The average Bonchev–Trinajstić information content (AvgIpc) is 3.62. The molecule has 3 aliphatic heterocycles. The van der Waals surface area contributed by atoms with E-state index in [2.05, 4.69) is 54.3 Å². The molecule has 0 aromatic heterocycles. The first-order chi connectivity index (χ1) is 16.1. The maximum atomic E-state index is 12.8. The highest BCUT2D eigenvalue weighted by Gasteiger charge is 2.57. The van der Waals surface area contributed by atoms with Crippen molar-refractivity contribution in [2.24, 2.45) is 11.3 Å². The minimum atomic E-state index is -0.714. The van der Waals surface area contributed by atoms with Gasteiger partial charge in [-0.3, -0.25) is 4.90 Å². The Morgan fingerprint density at radius 1 is 1.06 bits per heavy atom. The van der Waals surface area contributed by atoms with Crippen LogP contribution in [0.4, 0.5) is 4.79 Å². The van der Waals surface area contributed by atoms with E-state index in [1.807, 2.05) is 4.90 Å². The predicted molar refractivity (Wildman–Crippen MR) is 131 cm³/mol. The minimum absolute atomic E-state index is 0.0188. The van der Waals surface area contributed by atoms with E-state index < -0.39 is 6.09 Å². The van der Waals surface area contributed by atoms with Crippen molar-refractivity contribution >= 4 is 6.09 Å². The Hall–Kier alpha value is -2.33. The van der Waals surface area contributed by atoms with Crippen molar-refractivity contribution < 1.29 is 9.90 Å². The Bertz CT molecular complexity index is 1030.